The summed E-state index contributed by atoms with van der Waals surface area (Å²) in [4.78, 5) is 33.7. The second-order valence-electron chi connectivity index (χ2n) is 10.1. The maximum Gasteiger partial charge on any atom is 0.338 e. The third-order valence-corrected chi connectivity index (χ3v) is 9.86. The van der Waals surface area contributed by atoms with Gasteiger partial charge in [-0.3, -0.25) is 9.36 Å². The van der Waals surface area contributed by atoms with Gasteiger partial charge in [0.1, 0.15) is 28.6 Å². The Labute approximate surface area is 257 Å². The van der Waals surface area contributed by atoms with E-state index in [0.29, 0.717) is 37.7 Å². The van der Waals surface area contributed by atoms with Gasteiger partial charge in [0.05, 0.1) is 42.2 Å². The van der Waals surface area contributed by atoms with Crippen molar-refractivity contribution in [1.82, 2.24) is 9.13 Å². The van der Waals surface area contributed by atoms with E-state index in [1.54, 1.807) is 57.6 Å². The number of hydrogen-bond acceptors (Lipinski definition) is 9. The SMILES string of the molecule is CCOC(=O)C1=C(C)N=c2s/c(=C/c3cc(C)n(-c4sc(C)c(C)c4C#N)c3C)c(=O)n2[C@@H]1c1cc(OC)ccc1OC. The molecule has 0 spiro atoms. The van der Waals surface area contributed by atoms with Crippen molar-refractivity contribution in [2.45, 2.75) is 47.6 Å². The molecule has 0 bridgehead atoms. The summed E-state index contributed by atoms with van der Waals surface area (Å²) in [6.07, 6.45) is 1.85. The number of carbonyl (C=O) groups excluding carboxylic acids is 1. The van der Waals surface area contributed by atoms with Gasteiger partial charge in [-0.25, -0.2) is 9.79 Å². The van der Waals surface area contributed by atoms with Crippen molar-refractivity contribution in [3.8, 4) is 22.6 Å². The average Bonchev–Trinajstić information content (AvgIpc) is 3.55. The fourth-order valence-electron chi connectivity index (χ4n) is 5.42. The second kappa shape index (κ2) is 11.7. The largest absolute Gasteiger partial charge is 0.497 e. The standard InChI is InChI=1S/C32H32N4O5S2/c1-9-41-31(38)27-18(4)34-32-36(28(27)23-14-22(39-7)10-11-25(23)40-8)29(37)26(43-32)13-21-12-16(2)35(19(21)5)30-24(15-33)17(3)20(6)42-30/h10-14,28H,9H2,1-8H3/b26-13+/t28-/m1/s1. The Balaban J connectivity index is 1.75. The van der Waals surface area contributed by atoms with Crippen LogP contribution in [0.3, 0.4) is 0 Å². The van der Waals surface area contributed by atoms with Crippen molar-refractivity contribution in [3.63, 3.8) is 0 Å². The summed E-state index contributed by atoms with van der Waals surface area (Å²) in [5, 5.41) is 10.7. The zero-order valence-corrected chi connectivity index (χ0v) is 27.0. The molecule has 0 unspecified atom stereocenters. The van der Waals surface area contributed by atoms with Crippen LogP contribution in [0.2, 0.25) is 0 Å². The van der Waals surface area contributed by atoms with E-state index in [1.807, 2.05) is 39.8 Å². The first-order chi connectivity index (χ1) is 20.6. The Hall–Kier alpha value is -4.40. The summed E-state index contributed by atoms with van der Waals surface area (Å²) in [5.74, 6) is 0.501. The van der Waals surface area contributed by atoms with Gasteiger partial charge in [-0.2, -0.15) is 5.26 Å². The lowest BCUT2D eigenvalue weighted by Gasteiger charge is -2.26. The minimum absolute atomic E-state index is 0.175. The number of ether oxygens (including phenoxy) is 3. The van der Waals surface area contributed by atoms with Crippen LogP contribution in [0.15, 0.2) is 45.3 Å². The Morgan fingerprint density at radius 3 is 2.51 bits per heavy atom. The van der Waals surface area contributed by atoms with Gasteiger partial charge in [0.15, 0.2) is 4.80 Å². The van der Waals surface area contributed by atoms with Crippen LogP contribution in [0.1, 0.15) is 58.4 Å². The topological polar surface area (TPSA) is 108 Å². The number of esters is 1. The van der Waals surface area contributed by atoms with Gasteiger partial charge in [0, 0.05) is 21.8 Å². The lowest BCUT2D eigenvalue weighted by atomic mass is 9.94. The summed E-state index contributed by atoms with van der Waals surface area (Å²) >= 11 is 2.83. The third kappa shape index (κ3) is 5.00. The molecule has 0 saturated heterocycles. The molecule has 0 radical (unpaired) electrons. The van der Waals surface area contributed by atoms with Crippen molar-refractivity contribution in [3.05, 3.63) is 93.7 Å². The highest BCUT2D eigenvalue weighted by atomic mass is 32.1. The van der Waals surface area contributed by atoms with Crippen molar-refractivity contribution < 1.29 is 19.0 Å². The Morgan fingerprint density at radius 2 is 1.86 bits per heavy atom. The maximum absolute atomic E-state index is 14.2. The lowest BCUT2D eigenvalue weighted by molar-refractivity contribution is -0.139. The van der Waals surface area contributed by atoms with Crippen LogP contribution in [0.25, 0.3) is 11.1 Å². The number of aromatic nitrogens is 2. The number of allylic oxidation sites excluding steroid dienone is 1. The van der Waals surface area contributed by atoms with Crippen molar-refractivity contribution in [2.24, 2.45) is 4.99 Å². The van der Waals surface area contributed by atoms with E-state index < -0.39 is 12.0 Å². The molecule has 3 aromatic heterocycles. The molecule has 9 nitrogen and oxygen atoms in total. The molecule has 0 aliphatic carbocycles. The van der Waals surface area contributed by atoms with Crippen LogP contribution in [-0.4, -0.2) is 35.9 Å². The van der Waals surface area contributed by atoms with Gasteiger partial charge in [0.25, 0.3) is 5.56 Å². The predicted octanol–water partition coefficient (Wildman–Crippen LogP) is 4.77. The number of methoxy groups -OCH3 is 2. The lowest BCUT2D eigenvalue weighted by Crippen LogP contribution is -2.40. The number of rotatable bonds is 7. The van der Waals surface area contributed by atoms with Gasteiger partial charge in [0.2, 0.25) is 0 Å². The molecular formula is C32H32N4O5S2. The summed E-state index contributed by atoms with van der Waals surface area (Å²) in [6, 6.07) is 8.80. The zero-order chi connectivity index (χ0) is 31.2. The summed E-state index contributed by atoms with van der Waals surface area (Å²) < 4.78 is 20.6. The molecule has 4 aromatic rings. The molecule has 0 amide bonds. The first-order valence-corrected chi connectivity index (χ1v) is 15.3. The number of fused-ring (bicyclic) bond motifs is 1. The van der Waals surface area contributed by atoms with Gasteiger partial charge in [-0.1, -0.05) is 11.3 Å². The van der Waals surface area contributed by atoms with Crippen LogP contribution in [0.4, 0.5) is 0 Å². The molecule has 11 heteroatoms. The average molecular weight is 617 g/mol. The maximum atomic E-state index is 14.2. The van der Waals surface area contributed by atoms with E-state index in [-0.39, 0.29) is 17.7 Å². The van der Waals surface area contributed by atoms with E-state index in [1.165, 1.54) is 15.9 Å². The van der Waals surface area contributed by atoms with Gasteiger partial charge in [-0.05, 0) is 83.0 Å². The van der Waals surface area contributed by atoms with Crippen molar-refractivity contribution in [2.75, 3.05) is 20.8 Å². The third-order valence-electron chi connectivity index (χ3n) is 7.69. The van der Waals surface area contributed by atoms with Gasteiger partial charge in [-0.15, -0.1) is 11.3 Å². The summed E-state index contributed by atoms with van der Waals surface area (Å²) in [5.41, 5.74) is 5.37. The number of thiophene rings is 1. The monoisotopic (exact) mass is 616 g/mol. The minimum Gasteiger partial charge on any atom is -0.497 e. The van der Waals surface area contributed by atoms with Gasteiger partial charge >= 0.3 is 5.97 Å². The highest BCUT2D eigenvalue weighted by molar-refractivity contribution is 7.15. The molecule has 0 N–H and O–H groups in total. The summed E-state index contributed by atoms with van der Waals surface area (Å²) in [7, 11) is 3.10. The Bertz CT molecular complexity index is 2030. The van der Waals surface area contributed by atoms with Gasteiger partial charge < -0.3 is 18.8 Å². The van der Waals surface area contributed by atoms with Crippen molar-refractivity contribution in [1.29, 1.82) is 5.26 Å². The zero-order valence-electron chi connectivity index (χ0n) is 25.3. The van der Waals surface area contributed by atoms with E-state index in [9.17, 15) is 14.9 Å². The first-order valence-electron chi connectivity index (χ1n) is 13.7. The molecule has 43 heavy (non-hydrogen) atoms. The van der Waals surface area contributed by atoms with Crippen LogP contribution in [0.5, 0.6) is 11.5 Å². The molecule has 1 aliphatic rings. The van der Waals surface area contributed by atoms with Crippen molar-refractivity contribution >= 4 is 34.7 Å². The molecular weight excluding hydrogens is 585 g/mol. The quantitative estimate of drug-likeness (QED) is 0.277. The fraction of sp³-hybridized carbons (Fsp3) is 0.312. The van der Waals surface area contributed by atoms with E-state index in [2.05, 4.69) is 15.6 Å². The Kier molecular flexibility index (Phi) is 8.18. The molecule has 0 saturated carbocycles. The number of nitrogens with zero attached hydrogens (tertiary/aromatic N) is 4. The fourth-order valence-corrected chi connectivity index (χ4v) is 7.68. The molecule has 1 aromatic carbocycles. The highest BCUT2D eigenvalue weighted by Crippen LogP contribution is 2.38. The molecule has 1 aliphatic heterocycles. The van der Waals surface area contributed by atoms with Crippen LogP contribution < -0.4 is 24.4 Å². The predicted molar refractivity (Wildman–Crippen MR) is 167 cm³/mol. The van der Waals surface area contributed by atoms with Crippen LogP contribution in [0, 0.1) is 39.0 Å². The summed E-state index contributed by atoms with van der Waals surface area (Å²) in [6.45, 7) is 11.6. The van der Waals surface area contributed by atoms with E-state index in [0.717, 1.165) is 32.4 Å². The molecule has 4 heterocycles. The smallest absolute Gasteiger partial charge is 0.338 e. The van der Waals surface area contributed by atoms with Crippen LogP contribution >= 0.6 is 22.7 Å². The number of hydrogen-bond donors (Lipinski definition) is 0. The highest BCUT2D eigenvalue weighted by Gasteiger charge is 2.35. The second-order valence-corrected chi connectivity index (χ2v) is 12.4. The van der Waals surface area contributed by atoms with E-state index in [4.69, 9.17) is 14.2 Å². The Morgan fingerprint density at radius 1 is 1.12 bits per heavy atom. The molecule has 1 atom stereocenters. The number of thiazole rings is 1. The molecule has 5 rings (SSSR count). The number of nitriles is 1. The molecule has 222 valence electrons. The molecule has 0 fully saturated rings. The minimum atomic E-state index is -0.842. The first kappa shape index (κ1) is 30.1. The normalized spacial score (nSPS) is 14.8. The number of aryl methyl sites for hydroxylation is 2. The van der Waals surface area contributed by atoms with Crippen LogP contribution in [-0.2, 0) is 9.53 Å². The number of benzene rings is 1. The van der Waals surface area contributed by atoms with E-state index >= 15 is 0 Å². The number of carbonyl (C=O) groups is 1.